The van der Waals surface area contributed by atoms with Gasteiger partial charge in [0.1, 0.15) is 5.82 Å². The summed E-state index contributed by atoms with van der Waals surface area (Å²) in [6.45, 7) is 4.21. The highest BCUT2D eigenvalue weighted by atomic mass is 35.5. The quantitative estimate of drug-likeness (QED) is 0.498. The summed E-state index contributed by atoms with van der Waals surface area (Å²) >= 11 is 7.76. The van der Waals surface area contributed by atoms with Crippen molar-refractivity contribution < 1.29 is 12.8 Å². The molecule has 2 aromatic carbocycles. The maximum absolute atomic E-state index is 14.2. The smallest absolute Gasteiger partial charge is 0.263 e. The maximum Gasteiger partial charge on any atom is 0.263 e. The predicted molar refractivity (Wildman–Crippen MR) is 125 cm³/mol. The summed E-state index contributed by atoms with van der Waals surface area (Å²) < 4.78 is 41.8. The number of likely N-dealkylation sites (tertiary alicyclic amines) is 1. The Balaban J connectivity index is 1.27. The summed E-state index contributed by atoms with van der Waals surface area (Å²) in [5.41, 5.74) is 3.90. The Kier molecular flexibility index (Phi) is 5.40. The number of nitrogens with zero attached hydrogens (tertiary/aromatic N) is 2. The minimum Gasteiger partial charge on any atom is -0.377 e. The molecule has 0 spiro atoms. The van der Waals surface area contributed by atoms with Gasteiger partial charge >= 0.3 is 0 Å². The van der Waals surface area contributed by atoms with E-state index >= 15 is 0 Å². The lowest BCUT2D eigenvalue weighted by Crippen LogP contribution is -2.32. The molecule has 5 rings (SSSR count). The van der Waals surface area contributed by atoms with Gasteiger partial charge in [0.05, 0.1) is 26.7 Å². The van der Waals surface area contributed by atoms with E-state index in [-0.39, 0.29) is 22.1 Å². The fourth-order valence-electron chi connectivity index (χ4n) is 4.46. The number of piperidine rings is 1. The largest absolute Gasteiger partial charge is 0.377 e. The second-order valence-corrected chi connectivity index (χ2v) is 11.4. The molecule has 3 aromatic rings. The summed E-state index contributed by atoms with van der Waals surface area (Å²) in [5.74, 6) is 0.564. The van der Waals surface area contributed by atoms with E-state index in [1.807, 2.05) is 13.0 Å². The molecule has 2 aliphatic rings. The number of aromatic nitrogens is 1. The fraction of sp³-hybridized carbons (Fsp3) is 0.318. The number of halogens is 2. The number of sulfonamides is 1. The SMILES string of the molecule is Cc1ccc(F)c(CN2CC3C[C@@]3(Nc3ccc(S(=O)(=O)Nc4cscn4)cc3Cl)C2)c1. The second-order valence-electron chi connectivity index (χ2n) is 8.57. The van der Waals surface area contributed by atoms with Crippen LogP contribution in [0.1, 0.15) is 17.5 Å². The van der Waals surface area contributed by atoms with Crippen molar-refractivity contribution in [3.05, 3.63) is 69.3 Å². The van der Waals surface area contributed by atoms with Gasteiger partial charge in [-0.25, -0.2) is 17.8 Å². The molecular weight excluding hydrogens is 471 g/mol. The number of hydrogen-bond acceptors (Lipinski definition) is 6. The number of hydrogen-bond donors (Lipinski definition) is 2. The van der Waals surface area contributed by atoms with Gasteiger partial charge in [-0.1, -0.05) is 29.3 Å². The third kappa shape index (κ3) is 4.22. The third-order valence-corrected chi connectivity index (χ3v) is 8.37. The lowest BCUT2D eigenvalue weighted by molar-refractivity contribution is 0.289. The van der Waals surface area contributed by atoms with Crippen LogP contribution in [0.3, 0.4) is 0 Å². The van der Waals surface area contributed by atoms with Gasteiger partial charge in [0.25, 0.3) is 10.0 Å². The lowest BCUT2D eigenvalue weighted by Gasteiger charge is -2.23. The molecule has 1 aliphatic heterocycles. The minimum atomic E-state index is -3.77. The van der Waals surface area contributed by atoms with Crippen LogP contribution in [0.2, 0.25) is 5.02 Å². The number of benzene rings is 2. The molecule has 0 amide bonds. The van der Waals surface area contributed by atoms with E-state index < -0.39 is 10.0 Å². The standard InChI is InChI=1S/C22H22ClFN4O2S2/c1-14-2-4-19(24)15(6-14)9-28-10-16-8-22(16,12-28)26-20-5-3-17(7-18(20)23)32(29,30)27-21-11-31-13-25-21/h2-7,11,13,16,26-27H,8-10,12H2,1H3/t16?,22-/m1/s1. The van der Waals surface area contributed by atoms with Crippen LogP contribution in [0.15, 0.2) is 52.2 Å². The highest BCUT2D eigenvalue weighted by Crippen LogP contribution is 2.52. The van der Waals surface area contributed by atoms with E-state index in [9.17, 15) is 12.8 Å². The third-order valence-electron chi connectivity index (χ3n) is 6.12. The molecule has 10 heteroatoms. The Morgan fingerprint density at radius 1 is 1.31 bits per heavy atom. The highest BCUT2D eigenvalue weighted by Gasteiger charge is 2.60. The van der Waals surface area contributed by atoms with Crippen LogP contribution < -0.4 is 10.0 Å². The summed E-state index contributed by atoms with van der Waals surface area (Å²) in [7, 11) is -3.77. The van der Waals surface area contributed by atoms with E-state index in [1.165, 1.54) is 29.5 Å². The molecule has 1 aliphatic carbocycles. The second kappa shape index (κ2) is 7.98. The maximum atomic E-state index is 14.2. The molecule has 2 atom stereocenters. The monoisotopic (exact) mass is 492 g/mol. The van der Waals surface area contributed by atoms with Crippen molar-refractivity contribution in [2.75, 3.05) is 23.1 Å². The molecule has 1 saturated heterocycles. The van der Waals surface area contributed by atoms with Crippen LogP contribution in [0.5, 0.6) is 0 Å². The summed E-state index contributed by atoms with van der Waals surface area (Å²) in [6.07, 6.45) is 1.02. The van der Waals surface area contributed by atoms with E-state index in [1.54, 1.807) is 23.0 Å². The van der Waals surface area contributed by atoms with Gasteiger partial charge in [-0.15, -0.1) is 11.3 Å². The molecule has 2 heterocycles. The number of aryl methyl sites for hydroxylation is 1. The first-order chi connectivity index (χ1) is 15.2. The van der Waals surface area contributed by atoms with Crippen molar-refractivity contribution >= 4 is 44.5 Å². The van der Waals surface area contributed by atoms with Crippen molar-refractivity contribution in [1.29, 1.82) is 0 Å². The molecule has 168 valence electrons. The van der Waals surface area contributed by atoms with Gasteiger partial charge < -0.3 is 5.32 Å². The Hall–Kier alpha value is -2.20. The average molecular weight is 493 g/mol. The number of rotatable bonds is 7. The summed E-state index contributed by atoms with van der Waals surface area (Å²) in [5, 5.41) is 5.50. The molecular formula is C22H22ClFN4O2S2. The van der Waals surface area contributed by atoms with E-state index in [0.717, 1.165) is 25.1 Å². The molecule has 0 bridgehead atoms. The van der Waals surface area contributed by atoms with Gasteiger partial charge in [0.15, 0.2) is 5.82 Å². The van der Waals surface area contributed by atoms with Crippen molar-refractivity contribution in [2.45, 2.75) is 30.3 Å². The van der Waals surface area contributed by atoms with Crippen LogP contribution in [-0.4, -0.2) is 36.9 Å². The highest BCUT2D eigenvalue weighted by molar-refractivity contribution is 7.92. The molecule has 1 unspecified atom stereocenters. The van der Waals surface area contributed by atoms with E-state index in [2.05, 4.69) is 19.9 Å². The molecule has 0 radical (unpaired) electrons. The molecule has 1 aromatic heterocycles. The van der Waals surface area contributed by atoms with Gasteiger partial charge in [0, 0.05) is 30.6 Å². The number of thiazole rings is 1. The van der Waals surface area contributed by atoms with Crippen molar-refractivity contribution in [3.63, 3.8) is 0 Å². The zero-order valence-corrected chi connectivity index (χ0v) is 19.7. The van der Waals surface area contributed by atoms with Crippen molar-refractivity contribution in [1.82, 2.24) is 9.88 Å². The van der Waals surface area contributed by atoms with Crippen LogP contribution in [-0.2, 0) is 16.6 Å². The van der Waals surface area contributed by atoms with E-state index in [0.29, 0.717) is 28.7 Å². The van der Waals surface area contributed by atoms with Gasteiger partial charge in [-0.05, 0) is 43.5 Å². The number of fused-ring (bicyclic) bond motifs is 1. The minimum absolute atomic E-state index is 0.0777. The summed E-state index contributed by atoms with van der Waals surface area (Å²) in [6, 6.07) is 9.88. The normalized spacial score (nSPS) is 22.5. The van der Waals surface area contributed by atoms with Gasteiger partial charge in [0.2, 0.25) is 0 Å². The summed E-state index contributed by atoms with van der Waals surface area (Å²) in [4.78, 5) is 6.28. The molecule has 1 saturated carbocycles. The number of nitrogens with one attached hydrogen (secondary N) is 2. The van der Waals surface area contributed by atoms with Crippen LogP contribution in [0.25, 0.3) is 0 Å². The van der Waals surface area contributed by atoms with Crippen LogP contribution in [0.4, 0.5) is 15.9 Å². The lowest BCUT2D eigenvalue weighted by atomic mass is 10.1. The van der Waals surface area contributed by atoms with Gasteiger partial charge in [-0.3, -0.25) is 9.62 Å². The zero-order valence-electron chi connectivity index (χ0n) is 17.3. The number of anilines is 2. The predicted octanol–water partition coefficient (Wildman–Crippen LogP) is 4.73. The van der Waals surface area contributed by atoms with Crippen LogP contribution in [0, 0.1) is 18.7 Å². The first-order valence-corrected chi connectivity index (χ1v) is 13.0. The van der Waals surface area contributed by atoms with Crippen molar-refractivity contribution in [3.8, 4) is 0 Å². The Labute approximate surface area is 195 Å². The average Bonchev–Trinajstić information content (AvgIpc) is 3.05. The fourth-order valence-corrected chi connectivity index (χ4v) is 6.34. The van der Waals surface area contributed by atoms with Crippen molar-refractivity contribution in [2.24, 2.45) is 5.92 Å². The molecule has 6 nitrogen and oxygen atoms in total. The topological polar surface area (TPSA) is 74.3 Å². The first kappa shape index (κ1) is 21.6. The Bertz CT molecular complexity index is 1270. The van der Waals surface area contributed by atoms with E-state index in [4.69, 9.17) is 11.6 Å². The molecule has 2 fully saturated rings. The zero-order chi connectivity index (χ0) is 22.5. The Morgan fingerprint density at radius 3 is 2.91 bits per heavy atom. The van der Waals surface area contributed by atoms with Crippen LogP contribution >= 0.6 is 22.9 Å². The Morgan fingerprint density at radius 2 is 2.16 bits per heavy atom. The molecule has 32 heavy (non-hydrogen) atoms. The van der Waals surface area contributed by atoms with Gasteiger partial charge in [-0.2, -0.15) is 0 Å². The first-order valence-electron chi connectivity index (χ1n) is 10.2. The molecule has 2 N–H and O–H groups in total.